The molecule has 108 valence electrons. The van der Waals surface area contributed by atoms with E-state index in [1.54, 1.807) is 12.1 Å². The van der Waals surface area contributed by atoms with E-state index in [2.05, 4.69) is 0 Å². The van der Waals surface area contributed by atoms with Crippen molar-refractivity contribution in [3.05, 3.63) is 33.9 Å². The van der Waals surface area contributed by atoms with E-state index in [1.165, 1.54) is 6.07 Å². The molecule has 0 aliphatic carbocycles. The number of carbonyl (C=O) groups is 1. The Morgan fingerprint density at radius 3 is 2.75 bits per heavy atom. The average Bonchev–Trinajstić information content (AvgIpc) is 2.78. The fourth-order valence-electron chi connectivity index (χ4n) is 3.01. The van der Waals surface area contributed by atoms with Gasteiger partial charge in [-0.25, -0.2) is 4.79 Å². The molecule has 0 saturated carbocycles. The molecule has 0 radical (unpaired) electrons. The van der Waals surface area contributed by atoms with Gasteiger partial charge in [-0.15, -0.1) is 0 Å². The zero-order valence-corrected chi connectivity index (χ0v) is 11.6. The molecular formula is C14H18N2O4. The van der Waals surface area contributed by atoms with Crippen LogP contribution in [0.25, 0.3) is 0 Å². The van der Waals surface area contributed by atoms with E-state index in [0.717, 1.165) is 19.3 Å². The van der Waals surface area contributed by atoms with E-state index >= 15 is 0 Å². The quantitative estimate of drug-likeness (QED) is 0.676. The van der Waals surface area contributed by atoms with Crippen molar-refractivity contribution >= 4 is 17.3 Å². The number of para-hydroxylation sites is 1. The van der Waals surface area contributed by atoms with Crippen molar-refractivity contribution in [2.45, 2.75) is 45.2 Å². The molecule has 1 fully saturated rings. The SMILES string of the molecule is CCC1CCC(C)N1c1cccc(C(=O)O)c1[N+](=O)[O-]. The van der Waals surface area contributed by atoms with E-state index in [9.17, 15) is 14.9 Å². The Labute approximate surface area is 117 Å². The second kappa shape index (κ2) is 5.48. The Morgan fingerprint density at radius 2 is 2.20 bits per heavy atom. The smallest absolute Gasteiger partial charge is 0.342 e. The molecule has 20 heavy (non-hydrogen) atoms. The Morgan fingerprint density at radius 1 is 1.50 bits per heavy atom. The molecule has 6 heteroatoms. The van der Waals surface area contributed by atoms with Crippen LogP contribution in [0.5, 0.6) is 0 Å². The second-order valence-corrected chi connectivity index (χ2v) is 5.13. The molecule has 2 unspecified atom stereocenters. The summed E-state index contributed by atoms with van der Waals surface area (Å²) >= 11 is 0. The number of nitro groups is 1. The third kappa shape index (κ3) is 2.33. The Hall–Kier alpha value is -2.11. The van der Waals surface area contributed by atoms with E-state index in [0.29, 0.717) is 5.69 Å². The van der Waals surface area contributed by atoms with Crippen LogP contribution in [-0.2, 0) is 0 Å². The summed E-state index contributed by atoms with van der Waals surface area (Å²) in [6.45, 7) is 4.06. The van der Waals surface area contributed by atoms with Gasteiger partial charge in [-0.1, -0.05) is 13.0 Å². The molecule has 0 aromatic heterocycles. The van der Waals surface area contributed by atoms with Gasteiger partial charge in [-0.2, -0.15) is 0 Å². The lowest BCUT2D eigenvalue weighted by Crippen LogP contribution is -2.34. The summed E-state index contributed by atoms with van der Waals surface area (Å²) in [6, 6.07) is 4.92. The first-order valence-electron chi connectivity index (χ1n) is 6.76. The van der Waals surface area contributed by atoms with Crippen molar-refractivity contribution in [3.63, 3.8) is 0 Å². The zero-order chi connectivity index (χ0) is 14.9. The lowest BCUT2D eigenvalue weighted by Gasteiger charge is -2.30. The summed E-state index contributed by atoms with van der Waals surface area (Å²) < 4.78 is 0. The Bertz CT molecular complexity index is 544. The van der Waals surface area contributed by atoms with Gasteiger partial charge in [0.05, 0.1) is 4.92 Å². The summed E-state index contributed by atoms with van der Waals surface area (Å²) in [4.78, 5) is 23.9. The molecule has 1 aromatic rings. The van der Waals surface area contributed by atoms with Gasteiger partial charge >= 0.3 is 11.7 Å². The van der Waals surface area contributed by atoms with Crippen LogP contribution in [0, 0.1) is 10.1 Å². The number of carboxylic acid groups (broad SMARTS) is 1. The molecule has 0 amide bonds. The number of hydrogen-bond acceptors (Lipinski definition) is 4. The normalized spacial score (nSPS) is 22.0. The van der Waals surface area contributed by atoms with Crippen molar-refractivity contribution in [2.24, 2.45) is 0 Å². The largest absolute Gasteiger partial charge is 0.477 e. The molecule has 1 saturated heterocycles. The van der Waals surface area contributed by atoms with Gasteiger partial charge in [0.2, 0.25) is 0 Å². The highest BCUT2D eigenvalue weighted by Gasteiger charge is 2.35. The number of carboxylic acids is 1. The molecule has 1 aliphatic rings. The topological polar surface area (TPSA) is 83.7 Å². The number of nitro benzene ring substituents is 1. The van der Waals surface area contributed by atoms with Gasteiger partial charge in [0.1, 0.15) is 11.3 Å². The molecule has 2 rings (SSSR count). The van der Waals surface area contributed by atoms with E-state index in [1.807, 2.05) is 18.7 Å². The number of nitrogens with zero attached hydrogens (tertiary/aromatic N) is 2. The third-order valence-electron chi connectivity index (χ3n) is 3.96. The predicted octanol–water partition coefficient (Wildman–Crippen LogP) is 3.06. The van der Waals surface area contributed by atoms with Crippen LogP contribution in [0.1, 0.15) is 43.5 Å². The molecule has 2 atom stereocenters. The fraction of sp³-hybridized carbons (Fsp3) is 0.500. The van der Waals surface area contributed by atoms with Crippen molar-refractivity contribution in [1.29, 1.82) is 0 Å². The van der Waals surface area contributed by atoms with Gasteiger partial charge in [0.25, 0.3) is 0 Å². The van der Waals surface area contributed by atoms with Crippen LogP contribution >= 0.6 is 0 Å². The van der Waals surface area contributed by atoms with Gasteiger partial charge in [0.15, 0.2) is 0 Å². The Kier molecular flexibility index (Phi) is 3.92. The van der Waals surface area contributed by atoms with Gasteiger partial charge < -0.3 is 10.0 Å². The maximum Gasteiger partial charge on any atom is 0.342 e. The first-order chi connectivity index (χ1) is 9.47. The van der Waals surface area contributed by atoms with Crippen molar-refractivity contribution in [1.82, 2.24) is 0 Å². The highest BCUT2D eigenvalue weighted by molar-refractivity contribution is 5.95. The van der Waals surface area contributed by atoms with Crippen LogP contribution in [0.15, 0.2) is 18.2 Å². The van der Waals surface area contributed by atoms with Gasteiger partial charge in [-0.05, 0) is 38.3 Å². The van der Waals surface area contributed by atoms with E-state index in [4.69, 9.17) is 5.11 Å². The molecule has 0 spiro atoms. The van der Waals surface area contributed by atoms with Crippen LogP contribution in [0.2, 0.25) is 0 Å². The number of anilines is 1. The molecule has 6 nitrogen and oxygen atoms in total. The zero-order valence-electron chi connectivity index (χ0n) is 11.6. The summed E-state index contributed by atoms with van der Waals surface area (Å²) in [5.74, 6) is -1.27. The monoisotopic (exact) mass is 278 g/mol. The highest BCUT2D eigenvalue weighted by Crippen LogP contribution is 2.39. The molecular weight excluding hydrogens is 260 g/mol. The first-order valence-corrected chi connectivity index (χ1v) is 6.76. The number of aromatic carboxylic acids is 1. The van der Waals surface area contributed by atoms with Crippen LogP contribution in [0.3, 0.4) is 0 Å². The first kappa shape index (κ1) is 14.3. The van der Waals surface area contributed by atoms with Crippen molar-refractivity contribution < 1.29 is 14.8 Å². The second-order valence-electron chi connectivity index (χ2n) is 5.13. The standard InChI is InChI=1S/C14H18N2O4/c1-3-10-8-7-9(2)15(10)12-6-4-5-11(14(17)18)13(12)16(19)20/h4-6,9-10H,3,7-8H2,1-2H3,(H,17,18). The predicted molar refractivity (Wildman–Crippen MR) is 75.3 cm³/mol. The van der Waals surface area contributed by atoms with Crippen molar-refractivity contribution in [2.75, 3.05) is 4.90 Å². The summed E-state index contributed by atoms with van der Waals surface area (Å²) in [5.41, 5.74) is -0.125. The lowest BCUT2D eigenvalue weighted by molar-refractivity contribution is -0.384. The molecule has 1 aliphatic heterocycles. The van der Waals surface area contributed by atoms with Crippen molar-refractivity contribution in [3.8, 4) is 0 Å². The number of benzene rings is 1. The molecule has 1 N–H and O–H groups in total. The molecule has 1 heterocycles. The van der Waals surface area contributed by atoms with E-state index in [-0.39, 0.29) is 23.3 Å². The maximum atomic E-state index is 11.3. The van der Waals surface area contributed by atoms with Crippen LogP contribution < -0.4 is 4.90 Å². The van der Waals surface area contributed by atoms with Crippen LogP contribution in [0.4, 0.5) is 11.4 Å². The molecule has 0 bridgehead atoms. The minimum Gasteiger partial charge on any atom is -0.477 e. The Balaban J connectivity index is 2.58. The number of hydrogen-bond donors (Lipinski definition) is 1. The van der Waals surface area contributed by atoms with E-state index < -0.39 is 10.9 Å². The van der Waals surface area contributed by atoms with Gasteiger partial charge in [0, 0.05) is 12.1 Å². The summed E-state index contributed by atoms with van der Waals surface area (Å²) in [6.07, 6.45) is 2.83. The summed E-state index contributed by atoms with van der Waals surface area (Å²) in [7, 11) is 0. The maximum absolute atomic E-state index is 11.3. The summed E-state index contributed by atoms with van der Waals surface area (Å²) in [5, 5.41) is 20.5. The average molecular weight is 278 g/mol. The third-order valence-corrected chi connectivity index (χ3v) is 3.96. The minimum atomic E-state index is -1.27. The number of rotatable bonds is 4. The van der Waals surface area contributed by atoms with Crippen LogP contribution in [-0.4, -0.2) is 28.1 Å². The highest BCUT2D eigenvalue weighted by atomic mass is 16.6. The lowest BCUT2D eigenvalue weighted by atomic mass is 10.1. The van der Waals surface area contributed by atoms with Gasteiger partial charge in [-0.3, -0.25) is 10.1 Å². The fourth-order valence-corrected chi connectivity index (χ4v) is 3.01. The minimum absolute atomic E-state index is 0.183. The molecule has 1 aromatic carbocycles.